The normalized spacial score (nSPS) is 14.6. The fourth-order valence-corrected chi connectivity index (χ4v) is 2.48. The van der Waals surface area contributed by atoms with E-state index in [-0.39, 0.29) is 0 Å². The topological polar surface area (TPSA) is 17.0 Å². The van der Waals surface area contributed by atoms with Gasteiger partial charge in [0.2, 0.25) is 0 Å². The van der Waals surface area contributed by atoms with Gasteiger partial charge in [0.15, 0.2) is 0 Å². The van der Waals surface area contributed by atoms with Crippen LogP contribution in [0.25, 0.3) is 0 Å². The molecule has 0 amide bonds. The molecule has 0 saturated carbocycles. The number of aryl methyl sites for hydroxylation is 1. The number of hydrogen-bond acceptors (Lipinski definition) is 1. The van der Waals surface area contributed by atoms with Crippen molar-refractivity contribution in [3.05, 3.63) is 58.9 Å². The zero-order valence-corrected chi connectivity index (χ0v) is 10.2. The molecule has 0 saturated heterocycles. The summed E-state index contributed by atoms with van der Waals surface area (Å²) in [5.74, 6) is 0. The predicted octanol–water partition coefficient (Wildman–Crippen LogP) is 2.49. The lowest BCUT2D eigenvalue weighted by Gasteiger charge is -2.19. The molecule has 0 radical (unpaired) electrons. The minimum atomic E-state index is 1.01. The Bertz CT molecular complexity index is 508. The number of hydrogen-bond donors (Lipinski definition) is 1. The molecular formula is C15H18N2. The van der Waals surface area contributed by atoms with Gasteiger partial charge >= 0.3 is 0 Å². The van der Waals surface area contributed by atoms with Gasteiger partial charge in [-0.15, -0.1) is 0 Å². The zero-order valence-electron chi connectivity index (χ0n) is 10.2. The van der Waals surface area contributed by atoms with Gasteiger partial charge in [0, 0.05) is 37.4 Å². The highest BCUT2D eigenvalue weighted by atomic mass is 15.1. The molecule has 0 unspecified atom stereocenters. The molecule has 1 N–H and O–H groups in total. The maximum absolute atomic E-state index is 3.40. The predicted molar refractivity (Wildman–Crippen MR) is 70.1 cm³/mol. The van der Waals surface area contributed by atoms with Crippen molar-refractivity contribution in [3.8, 4) is 0 Å². The van der Waals surface area contributed by atoms with Crippen molar-refractivity contribution in [2.45, 2.75) is 26.4 Å². The third kappa shape index (κ3) is 2.13. The number of rotatable bonds is 2. The molecule has 0 bridgehead atoms. The first-order valence-corrected chi connectivity index (χ1v) is 6.26. The lowest BCUT2D eigenvalue weighted by Crippen LogP contribution is -2.28. The molecule has 1 aromatic heterocycles. The van der Waals surface area contributed by atoms with Crippen LogP contribution in [0.1, 0.15) is 22.5 Å². The first-order valence-electron chi connectivity index (χ1n) is 6.26. The summed E-state index contributed by atoms with van der Waals surface area (Å²) in [5.41, 5.74) is 5.58. The zero-order chi connectivity index (χ0) is 11.7. The fraction of sp³-hybridized carbons (Fsp3) is 0.333. The van der Waals surface area contributed by atoms with E-state index in [0.29, 0.717) is 0 Å². The van der Waals surface area contributed by atoms with E-state index in [9.17, 15) is 0 Å². The molecule has 88 valence electrons. The number of benzene rings is 1. The van der Waals surface area contributed by atoms with Crippen LogP contribution in [0.15, 0.2) is 36.4 Å². The molecule has 0 atom stereocenters. The summed E-state index contributed by atoms with van der Waals surface area (Å²) in [6.45, 7) is 5.33. The van der Waals surface area contributed by atoms with Crippen LogP contribution < -0.4 is 5.32 Å². The van der Waals surface area contributed by atoms with Crippen LogP contribution in [0.4, 0.5) is 0 Å². The van der Waals surface area contributed by atoms with Gasteiger partial charge in [-0.1, -0.05) is 29.8 Å². The highest BCUT2D eigenvalue weighted by Crippen LogP contribution is 2.16. The molecule has 3 rings (SSSR count). The SMILES string of the molecule is Cc1ccc(Cc2ccc3n2CCNC3)cc1. The minimum Gasteiger partial charge on any atom is -0.346 e. The fourth-order valence-electron chi connectivity index (χ4n) is 2.48. The van der Waals surface area contributed by atoms with E-state index < -0.39 is 0 Å². The van der Waals surface area contributed by atoms with E-state index >= 15 is 0 Å². The molecule has 2 nitrogen and oxygen atoms in total. The number of fused-ring (bicyclic) bond motifs is 1. The third-order valence-electron chi connectivity index (χ3n) is 3.49. The molecule has 2 heteroatoms. The van der Waals surface area contributed by atoms with Gasteiger partial charge in [-0.3, -0.25) is 0 Å². The molecule has 1 aliphatic rings. The van der Waals surface area contributed by atoms with Crippen LogP contribution in [0, 0.1) is 6.92 Å². The van der Waals surface area contributed by atoms with Crippen LogP contribution in [-0.2, 0) is 19.5 Å². The van der Waals surface area contributed by atoms with Crippen LogP contribution in [0.5, 0.6) is 0 Å². The van der Waals surface area contributed by atoms with Crippen molar-refractivity contribution >= 4 is 0 Å². The Balaban J connectivity index is 1.85. The minimum absolute atomic E-state index is 1.01. The number of nitrogens with zero attached hydrogens (tertiary/aromatic N) is 1. The van der Waals surface area contributed by atoms with E-state index in [1.54, 1.807) is 0 Å². The maximum Gasteiger partial charge on any atom is 0.0360 e. The van der Waals surface area contributed by atoms with Gasteiger partial charge in [0.25, 0.3) is 0 Å². The van der Waals surface area contributed by atoms with Gasteiger partial charge < -0.3 is 9.88 Å². The molecule has 17 heavy (non-hydrogen) atoms. The van der Waals surface area contributed by atoms with Gasteiger partial charge in [-0.05, 0) is 24.6 Å². The molecule has 1 aliphatic heterocycles. The van der Waals surface area contributed by atoms with Crippen molar-refractivity contribution in [1.82, 2.24) is 9.88 Å². The highest BCUT2D eigenvalue weighted by molar-refractivity contribution is 5.28. The molecule has 1 aromatic carbocycles. The Morgan fingerprint density at radius 1 is 1.12 bits per heavy atom. The van der Waals surface area contributed by atoms with Crippen LogP contribution in [0.3, 0.4) is 0 Å². The van der Waals surface area contributed by atoms with Gasteiger partial charge in [0.05, 0.1) is 0 Å². The van der Waals surface area contributed by atoms with Crippen molar-refractivity contribution in [3.63, 3.8) is 0 Å². The molecular weight excluding hydrogens is 208 g/mol. The average molecular weight is 226 g/mol. The van der Waals surface area contributed by atoms with Crippen molar-refractivity contribution < 1.29 is 0 Å². The van der Waals surface area contributed by atoms with Gasteiger partial charge in [-0.2, -0.15) is 0 Å². The Labute approximate surface area is 102 Å². The maximum atomic E-state index is 3.40. The second-order valence-electron chi connectivity index (χ2n) is 4.81. The Morgan fingerprint density at radius 3 is 2.76 bits per heavy atom. The van der Waals surface area contributed by atoms with Crippen molar-refractivity contribution in [1.29, 1.82) is 0 Å². The molecule has 0 aliphatic carbocycles. The Morgan fingerprint density at radius 2 is 1.94 bits per heavy atom. The van der Waals surface area contributed by atoms with E-state index in [1.807, 2.05) is 0 Å². The lowest BCUT2D eigenvalue weighted by atomic mass is 10.1. The summed E-state index contributed by atoms with van der Waals surface area (Å²) in [4.78, 5) is 0. The number of aromatic nitrogens is 1. The molecule has 2 heterocycles. The van der Waals surface area contributed by atoms with E-state index in [0.717, 1.165) is 26.1 Å². The van der Waals surface area contributed by atoms with Crippen LogP contribution in [-0.4, -0.2) is 11.1 Å². The third-order valence-corrected chi connectivity index (χ3v) is 3.49. The van der Waals surface area contributed by atoms with E-state index in [1.165, 1.54) is 22.5 Å². The largest absolute Gasteiger partial charge is 0.346 e. The average Bonchev–Trinajstić information content (AvgIpc) is 2.76. The van der Waals surface area contributed by atoms with Gasteiger partial charge in [-0.25, -0.2) is 0 Å². The summed E-state index contributed by atoms with van der Waals surface area (Å²) in [7, 11) is 0. The van der Waals surface area contributed by atoms with E-state index in [4.69, 9.17) is 0 Å². The molecule has 0 fully saturated rings. The summed E-state index contributed by atoms with van der Waals surface area (Å²) in [5, 5.41) is 3.40. The monoisotopic (exact) mass is 226 g/mol. The van der Waals surface area contributed by atoms with Crippen molar-refractivity contribution in [2.75, 3.05) is 6.54 Å². The summed E-state index contributed by atoms with van der Waals surface area (Å²) >= 11 is 0. The molecule has 2 aromatic rings. The smallest absolute Gasteiger partial charge is 0.0360 e. The van der Waals surface area contributed by atoms with Crippen molar-refractivity contribution in [2.24, 2.45) is 0 Å². The Hall–Kier alpha value is -1.54. The first-order chi connectivity index (χ1) is 8.33. The van der Waals surface area contributed by atoms with E-state index in [2.05, 4.69) is 53.2 Å². The molecule has 0 spiro atoms. The summed E-state index contributed by atoms with van der Waals surface area (Å²) in [6.07, 6.45) is 1.04. The first kappa shape index (κ1) is 10.6. The van der Waals surface area contributed by atoms with Gasteiger partial charge in [0.1, 0.15) is 0 Å². The second-order valence-corrected chi connectivity index (χ2v) is 4.81. The summed E-state index contributed by atoms with van der Waals surface area (Å²) < 4.78 is 2.45. The Kier molecular flexibility index (Phi) is 2.73. The highest BCUT2D eigenvalue weighted by Gasteiger charge is 2.11. The second kappa shape index (κ2) is 4.38. The summed E-state index contributed by atoms with van der Waals surface area (Å²) in [6, 6.07) is 13.4. The van der Waals surface area contributed by atoms with Crippen LogP contribution in [0.2, 0.25) is 0 Å². The standard InChI is InChI=1S/C15H18N2/c1-12-2-4-13(5-3-12)10-14-6-7-15-11-16-8-9-17(14)15/h2-7,16H,8-11H2,1H3. The quantitative estimate of drug-likeness (QED) is 0.832. The van der Waals surface area contributed by atoms with Crippen LogP contribution >= 0.6 is 0 Å². The lowest BCUT2D eigenvalue weighted by molar-refractivity contribution is 0.506. The number of nitrogens with one attached hydrogen (secondary N) is 1.